The highest BCUT2D eigenvalue weighted by atomic mass is 19.1. The second-order valence-electron chi connectivity index (χ2n) is 9.27. The number of piperazine rings is 1. The molecule has 1 aromatic carbocycles. The molecule has 172 valence electrons. The molecular weight excluding hydrogens is 411 g/mol. The molecule has 0 spiro atoms. The van der Waals surface area contributed by atoms with Crippen LogP contribution < -0.4 is 15.5 Å². The van der Waals surface area contributed by atoms with Crippen LogP contribution in [0.5, 0.6) is 0 Å². The van der Waals surface area contributed by atoms with Crippen molar-refractivity contribution in [1.29, 1.82) is 0 Å². The number of hydrogen-bond donors (Lipinski definition) is 2. The summed E-state index contributed by atoms with van der Waals surface area (Å²) in [7, 11) is 1.89. The van der Waals surface area contributed by atoms with E-state index < -0.39 is 6.17 Å². The van der Waals surface area contributed by atoms with Gasteiger partial charge in [-0.3, -0.25) is 24.5 Å². The number of alkyl halides is 1. The lowest BCUT2D eigenvalue weighted by Crippen LogP contribution is -2.50. The highest BCUT2D eigenvalue weighted by molar-refractivity contribution is 6.02. The average molecular weight is 443 g/mol. The Hall–Kier alpha value is -2.52. The van der Waals surface area contributed by atoms with Gasteiger partial charge in [0, 0.05) is 69.7 Å². The molecule has 9 heteroatoms. The van der Waals surface area contributed by atoms with Crippen molar-refractivity contribution in [3.8, 4) is 0 Å². The molecule has 3 saturated heterocycles. The van der Waals surface area contributed by atoms with Crippen molar-refractivity contribution in [3.05, 3.63) is 23.9 Å². The van der Waals surface area contributed by atoms with Gasteiger partial charge in [-0.15, -0.1) is 0 Å². The van der Waals surface area contributed by atoms with E-state index in [2.05, 4.69) is 37.7 Å². The number of carbonyl (C=O) groups excluding carboxylic acids is 2. The quantitative estimate of drug-likeness (QED) is 0.692. The Balaban J connectivity index is 1.27. The fourth-order valence-corrected chi connectivity index (χ4v) is 5.28. The summed E-state index contributed by atoms with van der Waals surface area (Å²) < 4.78 is 16.0. The number of imide groups is 1. The van der Waals surface area contributed by atoms with E-state index in [9.17, 15) is 14.0 Å². The molecule has 1 unspecified atom stereocenters. The van der Waals surface area contributed by atoms with Gasteiger partial charge in [0.05, 0.1) is 17.1 Å². The van der Waals surface area contributed by atoms with E-state index in [1.54, 1.807) is 0 Å². The molecule has 8 nitrogen and oxygen atoms in total. The number of aromatic nitrogens is 2. The number of fused-ring (bicyclic) bond motifs is 1. The Morgan fingerprint density at radius 1 is 1.16 bits per heavy atom. The molecule has 0 radical (unpaired) electrons. The molecule has 3 atom stereocenters. The van der Waals surface area contributed by atoms with Crippen LogP contribution in [0.1, 0.15) is 30.9 Å². The van der Waals surface area contributed by atoms with Gasteiger partial charge in [0.2, 0.25) is 11.8 Å². The Labute approximate surface area is 187 Å². The average Bonchev–Trinajstić information content (AvgIpc) is 3.11. The van der Waals surface area contributed by atoms with Gasteiger partial charge in [0.15, 0.2) is 0 Å². The SMILES string of the molecule is Cn1nc(C2CCC(=O)NC2=O)c2ccc(N3CCN(C[C@@H]4CCNC[C@H]4F)CC3)cc21. The van der Waals surface area contributed by atoms with Crippen molar-refractivity contribution >= 4 is 28.4 Å². The highest BCUT2D eigenvalue weighted by Crippen LogP contribution is 2.32. The van der Waals surface area contributed by atoms with Gasteiger partial charge in [-0.25, -0.2) is 4.39 Å². The molecule has 32 heavy (non-hydrogen) atoms. The van der Waals surface area contributed by atoms with E-state index in [1.807, 2.05) is 17.8 Å². The topological polar surface area (TPSA) is 82.5 Å². The van der Waals surface area contributed by atoms with Crippen molar-refractivity contribution in [1.82, 2.24) is 25.3 Å². The second-order valence-corrected chi connectivity index (χ2v) is 9.27. The number of carbonyl (C=O) groups is 2. The number of nitrogens with zero attached hydrogens (tertiary/aromatic N) is 4. The zero-order chi connectivity index (χ0) is 22.2. The summed E-state index contributed by atoms with van der Waals surface area (Å²) in [6.07, 6.45) is 1.01. The first-order valence-corrected chi connectivity index (χ1v) is 11.6. The van der Waals surface area contributed by atoms with E-state index in [-0.39, 0.29) is 23.7 Å². The number of rotatable bonds is 4. The molecule has 2 amide bonds. The van der Waals surface area contributed by atoms with E-state index in [0.717, 1.165) is 68.0 Å². The van der Waals surface area contributed by atoms with Gasteiger partial charge in [-0.05, 0) is 37.6 Å². The zero-order valence-electron chi connectivity index (χ0n) is 18.5. The number of hydrogen-bond acceptors (Lipinski definition) is 6. The molecule has 2 aromatic rings. The minimum atomic E-state index is -0.743. The van der Waals surface area contributed by atoms with Crippen LogP contribution in [0.15, 0.2) is 18.2 Å². The Morgan fingerprint density at radius 2 is 1.97 bits per heavy atom. The van der Waals surface area contributed by atoms with Gasteiger partial charge in [0.1, 0.15) is 6.17 Å². The number of halogens is 1. The van der Waals surface area contributed by atoms with Crippen LogP contribution in [-0.4, -0.2) is 78.5 Å². The molecule has 0 bridgehead atoms. The lowest BCUT2D eigenvalue weighted by atomic mass is 9.93. The zero-order valence-corrected chi connectivity index (χ0v) is 18.5. The molecule has 5 rings (SSSR count). The number of nitrogens with one attached hydrogen (secondary N) is 2. The van der Waals surface area contributed by atoms with Crippen LogP contribution in [0.3, 0.4) is 0 Å². The van der Waals surface area contributed by atoms with Crippen LogP contribution in [-0.2, 0) is 16.6 Å². The largest absolute Gasteiger partial charge is 0.369 e. The fourth-order valence-electron chi connectivity index (χ4n) is 5.28. The summed E-state index contributed by atoms with van der Waals surface area (Å²) in [4.78, 5) is 28.6. The summed E-state index contributed by atoms with van der Waals surface area (Å²) in [6.45, 7) is 5.92. The maximum atomic E-state index is 14.2. The lowest BCUT2D eigenvalue weighted by molar-refractivity contribution is -0.134. The normalized spacial score (nSPS) is 27.7. The third kappa shape index (κ3) is 4.11. The van der Waals surface area contributed by atoms with Crippen molar-refractivity contribution in [2.45, 2.75) is 31.4 Å². The predicted molar refractivity (Wildman–Crippen MR) is 120 cm³/mol. The Kier molecular flexibility index (Phi) is 5.86. The van der Waals surface area contributed by atoms with Crippen LogP contribution >= 0.6 is 0 Å². The molecule has 4 heterocycles. The number of benzene rings is 1. The number of piperidine rings is 2. The molecular formula is C23H31FN6O2. The number of aryl methyl sites for hydroxylation is 1. The summed E-state index contributed by atoms with van der Waals surface area (Å²) in [5.41, 5.74) is 2.87. The number of anilines is 1. The van der Waals surface area contributed by atoms with Crippen LogP contribution in [0, 0.1) is 5.92 Å². The van der Waals surface area contributed by atoms with Gasteiger partial charge < -0.3 is 10.2 Å². The first-order valence-electron chi connectivity index (χ1n) is 11.6. The first-order chi connectivity index (χ1) is 15.5. The maximum Gasteiger partial charge on any atom is 0.235 e. The fraction of sp³-hybridized carbons (Fsp3) is 0.609. The Bertz CT molecular complexity index is 1020. The van der Waals surface area contributed by atoms with Gasteiger partial charge in [-0.1, -0.05) is 0 Å². The summed E-state index contributed by atoms with van der Waals surface area (Å²) >= 11 is 0. The van der Waals surface area contributed by atoms with Crippen molar-refractivity contribution in [2.24, 2.45) is 13.0 Å². The predicted octanol–water partition coefficient (Wildman–Crippen LogP) is 1.16. The molecule has 1 aromatic heterocycles. The number of amides is 2. The van der Waals surface area contributed by atoms with Gasteiger partial charge in [0.25, 0.3) is 0 Å². The standard InChI is InChI=1S/C23H31FN6O2/c1-28-20-12-16(2-3-17(20)22(27-28)18-4-5-21(31)26-23(18)32)30-10-8-29(9-11-30)14-15-6-7-25-13-19(15)24/h2-3,12,15,18-19,25H,4-11,13-14H2,1H3,(H,26,31,32)/t15-,18?,19+/m0/s1. The lowest BCUT2D eigenvalue weighted by Gasteiger charge is -2.39. The summed E-state index contributed by atoms with van der Waals surface area (Å²) in [6, 6.07) is 6.28. The van der Waals surface area contributed by atoms with Crippen LogP contribution in [0.2, 0.25) is 0 Å². The van der Waals surface area contributed by atoms with E-state index in [0.29, 0.717) is 19.4 Å². The smallest absolute Gasteiger partial charge is 0.235 e. The van der Waals surface area contributed by atoms with Crippen LogP contribution in [0.4, 0.5) is 10.1 Å². The van der Waals surface area contributed by atoms with Crippen molar-refractivity contribution in [2.75, 3.05) is 50.7 Å². The Morgan fingerprint density at radius 3 is 2.72 bits per heavy atom. The van der Waals surface area contributed by atoms with Crippen molar-refractivity contribution in [3.63, 3.8) is 0 Å². The molecule has 3 aliphatic heterocycles. The van der Waals surface area contributed by atoms with E-state index in [1.165, 1.54) is 0 Å². The molecule has 2 N–H and O–H groups in total. The monoisotopic (exact) mass is 442 g/mol. The summed E-state index contributed by atoms with van der Waals surface area (Å²) in [5, 5.41) is 11.2. The van der Waals surface area contributed by atoms with Crippen molar-refractivity contribution < 1.29 is 14.0 Å². The summed E-state index contributed by atoms with van der Waals surface area (Å²) in [5.74, 6) is -0.722. The third-order valence-electron chi connectivity index (χ3n) is 7.21. The molecule has 0 aliphatic carbocycles. The van der Waals surface area contributed by atoms with E-state index >= 15 is 0 Å². The first kappa shape index (κ1) is 21.3. The molecule has 0 saturated carbocycles. The molecule has 3 fully saturated rings. The highest BCUT2D eigenvalue weighted by Gasteiger charge is 2.32. The molecule has 3 aliphatic rings. The minimum absolute atomic E-state index is 0.138. The third-order valence-corrected chi connectivity index (χ3v) is 7.21. The van der Waals surface area contributed by atoms with Gasteiger partial charge in [-0.2, -0.15) is 5.10 Å². The minimum Gasteiger partial charge on any atom is -0.369 e. The van der Waals surface area contributed by atoms with E-state index in [4.69, 9.17) is 0 Å². The maximum absolute atomic E-state index is 14.2. The van der Waals surface area contributed by atoms with Gasteiger partial charge >= 0.3 is 0 Å². The van der Waals surface area contributed by atoms with Crippen LogP contribution in [0.25, 0.3) is 10.9 Å². The second kappa shape index (κ2) is 8.78.